The smallest absolute Gasteiger partial charge is 0.213 e. The molecule has 0 atom stereocenters. The van der Waals surface area contributed by atoms with Gasteiger partial charge >= 0.3 is 0 Å². The fraction of sp³-hybridized carbons (Fsp3) is 0.0940. The van der Waals surface area contributed by atoms with Crippen LogP contribution in [0.2, 0.25) is 0 Å². The second-order valence-corrected chi connectivity index (χ2v) is 31.7. The zero-order valence-corrected chi connectivity index (χ0v) is 77.4. The molecule has 634 valence electrons. The number of hydrogen-bond donors (Lipinski definition) is 4. The lowest BCUT2D eigenvalue weighted by Gasteiger charge is -2.12. The maximum atomic E-state index is 9.67. The Morgan fingerprint density at radius 1 is 0.250 bits per heavy atom. The second kappa shape index (κ2) is 43.7. The molecule has 4 N–H and O–H groups in total. The number of aryl methyl sites for hydroxylation is 4. The zero-order valence-electron chi connectivity index (χ0n) is 73.1. The summed E-state index contributed by atoms with van der Waals surface area (Å²) >= 11 is 0. The summed E-state index contributed by atoms with van der Waals surface area (Å²) in [6.45, 7) is 5.93. The highest BCUT2D eigenvalue weighted by molar-refractivity contribution is 5.92. The van der Waals surface area contributed by atoms with E-state index in [1.807, 2.05) is 85.9 Å². The van der Waals surface area contributed by atoms with Crippen molar-refractivity contribution < 1.29 is 82.1 Å². The molecule has 0 aliphatic rings. The van der Waals surface area contributed by atoms with Gasteiger partial charge in [0.25, 0.3) is 0 Å². The Kier molecular flexibility index (Phi) is 31.5. The maximum absolute atomic E-state index is 9.67. The molecule has 11 heteroatoms. The fourth-order valence-electron chi connectivity index (χ4n) is 16.6. The third kappa shape index (κ3) is 21.7. The molecule has 0 saturated heterocycles. The summed E-state index contributed by atoms with van der Waals surface area (Å²) in [6.07, 6.45) is 5.10. The van der Waals surface area contributed by atoms with Crippen LogP contribution in [0.1, 0.15) is 50.5 Å². The van der Waals surface area contributed by atoms with Crippen LogP contribution in [-0.2, 0) is 54.0 Å². The molecule has 5 aromatic heterocycles. The topological polar surface area (TPSA) is 118 Å². The molecule has 9 nitrogen and oxygen atoms in total. The molecule has 0 aliphatic carbocycles. The third-order valence-electron chi connectivity index (χ3n) is 23.6. The number of aliphatic hydroxyl groups is 4. The van der Waals surface area contributed by atoms with E-state index in [0.717, 1.165) is 101 Å². The summed E-state index contributed by atoms with van der Waals surface area (Å²) in [5.41, 5.74) is 30.0. The largest absolute Gasteiger partial charge is 1.00 e. The molecule has 0 bridgehead atoms. The van der Waals surface area contributed by atoms with Crippen LogP contribution in [0.4, 0.5) is 0 Å². The summed E-state index contributed by atoms with van der Waals surface area (Å²) < 4.78 is 6.68. The van der Waals surface area contributed by atoms with E-state index >= 15 is 0 Å². The van der Waals surface area contributed by atoms with E-state index in [0.29, 0.717) is 0 Å². The standard InChI is InChI=1S/C25H24NO2.C24H21NO2.C24H22N.C22H18N.C21H15N.CH3.2HI/c1-17-24-13-23(16-28)22(15-27)12-21(24)14-25(26(17)2)20-10-6-9-19(11-20)18-7-4-3-5-8-18;1-16-23-12-22(15-27)21(14-26)11-20(23)13-24(25-16)19-9-5-8-18(10-19)17-6-3-2-4-7-17;1-18-23-14-7-6-12-21(23)17-24(25(18)2)22-13-8-11-20(16-22)15-19-9-4-3-5-10-19;1-23-16-21-11-6-5-10-19(21)15-22(23)20-13-7-12-18(14-20)17-8-3-2-4-9-17;1-2-7-16(8-3-1)17-11-6-12-19(13-17)21-14-18-9-4-5-10-20(18)15-22-21;;;/h3-14,27-28H,15-16H2,1-2H3;2-13,26-27H,14-15H2,1H3;3-14,16-17H,15H2,1-2H3;2-16H,1H3;1-15H;1H3;2*1H/q+1;;2*+1;;-1;;/p-2. The molecule has 0 radical (unpaired) electrons. The number of aliphatic hydroxyl groups excluding tert-OH is 4. The van der Waals surface area contributed by atoms with Gasteiger partial charge in [0.2, 0.25) is 17.1 Å². The molecule has 0 aliphatic heterocycles. The van der Waals surface area contributed by atoms with Gasteiger partial charge in [-0.1, -0.05) is 285 Å². The predicted octanol–water partition coefficient (Wildman–Crippen LogP) is 19.4. The van der Waals surface area contributed by atoms with Gasteiger partial charge in [0, 0.05) is 98.7 Å². The fourth-order valence-corrected chi connectivity index (χ4v) is 16.6. The molecule has 5 heterocycles. The van der Waals surface area contributed by atoms with Gasteiger partial charge in [-0.15, -0.1) is 0 Å². The first kappa shape index (κ1) is 92.3. The highest BCUT2D eigenvalue weighted by atomic mass is 127. The Hall–Kier alpha value is -13.4. The van der Waals surface area contributed by atoms with Crippen molar-refractivity contribution in [2.24, 2.45) is 21.1 Å². The van der Waals surface area contributed by atoms with E-state index in [9.17, 15) is 20.4 Å². The van der Waals surface area contributed by atoms with Gasteiger partial charge in [-0.05, 0) is 215 Å². The lowest BCUT2D eigenvalue weighted by Crippen LogP contribution is -3.00. The molecule has 0 spiro atoms. The van der Waals surface area contributed by atoms with Crippen molar-refractivity contribution in [1.82, 2.24) is 9.97 Å². The van der Waals surface area contributed by atoms with Crippen LogP contribution >= 0.6 is 0 Å². The molecule has 15 aromatic carbocycles. The van der Waals surface area contributed by atoms with Gasteiger partial charge in [-0.2, -0.15) is 9.13 Å². The number of rotatable bonds is 15. The lowest BCUT2D eigenvalue weighted by atomic mass is 9.97. The average Bonchev–Trinajstić information content (AvgIpc) is 0.762. The molecular weight excluding hydrogens is 1790 g/mol. The molecular formula is C117H103I2N5O4. The Labute approximate surface area is 785 Å². The summed E-state index contributed by atoms with van der Waals surface area (Å²) in [5, 5.41) is 50.1. The van der Waals surface area contributed by atoms with Crippen LogP contribution in [0.25, 0.3) is 155 Å². The van der Waals surface area contributed by atoms with Crippen molar-refractivity contribution in [1.29, 1.82) is 0 Å². The number of benzene rings is 15. The SMILES string of the molecule is C[n+]1cc2ccccc2cc1-c1cccc(-c2ccccc2)c1.Cc1c2cc(CO)c(CO)cc2cc(-c2cccc(-c3ccccc3)c2)[n+]1C.Cc1c2ccccc2cc(-c2cccc(Cc3ccccc3)c2)[n+]1C.Cc1nc(-c2cccc(-c3ccccc3)c2)cc2cc(CO)c(CO)cc12.[CH3-].[I-].[I-].c1ccc(-c2cccc(-c3cc4ccccc4cn3)c2)cc1. The van der Waals surface area contributed by atoms with Gasteiger partial charge in [0.15, 0.2) is 17.6 Å². The monoisotopic (exact) mass is 1900 g/mol. The van der Waals surface area contributed by atoms with Crippen LogP contribution in [0.15, 0.2) is 413 Å². The van der Waals surface area contributed by atoms with Crippen molar-refractivity contribution in [2.75, 3.05) is 0 Å². The van der Waals surface area contributed by atoms with Crippen molar-refractivity contribution in [3.8, 4) is 101 Å². The van der Waals surface area contributed by atoms with Crippen LogP contribution in [0.5, 0.6) is 0 Å². The predicted molar refractivity (Wildman–Crippen MR) is 521 cm³/mol. The maximum Gasteiger partial charge on any atom is 0.213 e. The first-order valence-electron chi connectivity index (χ1n) is 42.4. The van der Waals surface area contributed by atoms with Crippen LogP contribution in [0.3, 0.4) is 0 Å². The van der Waals surface area contributed by atoms with E-state index in [1.165, 1.54) is 111 Å². The number of nitrogens with zero attached hydrogens (tertiary/aromatic N) is 5. The Morgan fingerprint density at radius 2 is 0.578 bits per heavy atom. The lowest BCUT2D eigenvalue weighted by molar-refractivity contribution is -0.665. The average molecular weight is 1900 g/mol. The number of fused-ring (bicyclic) bond motifs is 5. The zero-order chi connectivity index (χ0) is 86.1. The van der Waals surface area contributed by atoms with Gasteiger partial charge < -0.3 is 75.8 Å². The molecule has 0 saturated carbocycles. The second-order valence-electron chi connectivity index (χ2n) is 31.7. The normalized spacial score (nSPS) is 10.7. The first-order chi connectivity index (χ1) is 61.2. The highest BCUT2D eigenvalue weighted by Gasteiger charge is 2.22. The summed E-state index contributed by atoms with van der Waals surface area (Å²) in [5.74, 6) is 0. The molecule has 0 amide bonds. The summed E-state index contributed by atoms with van der Waals surface area (Å²) in [6, 6.07) is 140. The van der Waals surface area contributed by atoms with Gasteiger partial charge in [-0.3, -0.25) is 9.97 Å². The minimum atomic E-state index is -0.0912. The quantitative estimate of drug-likeness (QED) is 0.0461. The van der Waals surface area contributed by atoms with Gasteiger partial charge in [-0.25, -0.2) is 4.57 Å². The Balaban J connectivity index is 0.000000136. The van der Waals surface area contributed by atoms with Gasteiger partial charge in [0.1, 0.15) is 21.1 Å². The van der Waals surface area contributed by atoms with E-state index in [-0.39, 0.29) is 81.8 Å². The highest BCUT2D eigenvalue weighted by Crippen LogP contribution is 2.35. The van der Waals surface area contributed by atoms with E-state index in [4.69, 9.17) is 4.98 Å². The minimum absolute atomic E-state index is 0. The summed E-state index contributed by atoms with van der Waals surface area (Å²) in [4.78, 5) is 9.41. The molecule has 20 aromatic rings. The number of hydrogen-bond acceptors (Lipinski definition) is 6. The van der Waals surface area contributed by atoms with Crippen LogP contribution in [-0.4, -0.2) is 30.4 Å². The molecule has 0 fully saturated rings. The molecule has 0 unspecified atom stereocenters. The Bertz CT molecular complexity index is 7200. The number of pyridine rings is 5. The minimum Gasteiger partial charge on any atom is -1.00 e. The molecule has 20 rings (SSSR count). The van der Waals surface area contributed by atoms with Gasteiger partial charge in [0.05, 0.1) is 37.8 Å². The number of aromatic nitrogens is 5. The first-order valence-corrected chi connectivity index (χ1v) is 42.4. The molecule has 128 heavy (non-hydrogen) atoms. The Morgan fingerprint density at radius 3 is 1.08 bits per heavy atom. The van der Waals surface area contributed by atoms with E-state index in [2.05, 4.69) is 387 Å². The van der Waals surface area contributed by atoms with Crippen LogP contribution in [0, 0.1) is 28.2 Å². The number of halogens is 2. The van der Waals surface area contributed by atoms with Crippen molar-refractivity contribution in [3.63, 3.8) is 0 Å². The van der Waals surface area contributed by atoms with E-state index in [1.54, 1.807) is 0 Å². The van der Waals surface area contributed by atoms with E-state index < -0.39 is 0 Å². The van der Waals surface area contributed by atoms with Crippen molar-refractivity contribution in [3.05, 3.63) is 471 Å². The summed E-state index contributed by atoms with van der Waals surface area (Å²) in [7, 11) is 6.33. The third-order valence-corrected chi connectivity index (χ3v) is 23.6. The van der Waals surface area contributed by atoms with Crippen molar-refractivity contribution in [2.45, 2.75) is 53.6 Å². The van der Waals surface area contributed by atoms with Crippen LogP contribution < -0.4 is 61.7 Å². The van der Waals surface area contributed by atoms with Crippen molar-refractivity contribution >= 4 is 53.9 Å².